The van der Waals surface area contributed by atoms with E-state index in [1.165, 1.54) is 10.6 Å². The summed E-state index contributed by atoms with van der Waals surface area (Å²) in [7, 11) is -0.812. The molecule has 0 aliphatic rings. The third-order valence-corrected chi connectivity index (χ3v) is 7.12. The molecule has 0 bridgehead atoms. The topological polar surface area (TPSA) is 46.1 Å². The Morgan fingerprint density at radius 3 is 1.55 bits per heavy atom. The zero-order chi connectivity index (χ0) is 21.3. The summed E-state index contributed by atoms with van der Waals surface area (Å²) in [6.45, 7) is 3.85. The van der Waals surface area contributed by atoms with Gasteiger partial charge in [0.05, 0.1) is 0 Å². The molecule has 0 aliphatic heterocycles. The van der Waals surface area contributed by atoms with Gasteiger partial charge in [-0.05, 0) is 37.7 Å². The normalized spacial score (nSPS) is 10.1. The van der Waals surface area contributed by atoms with Crippen molar-refractivity contribution in [3.8, 4) is 5.75 Å². The van der Waals surface area contributed by atoms with E-state index in [1.807, 2.05) is 79.7 Å². The van der Waals surface area contributed by atoms with Gasteiger partial charge in [0.15, 0.2) is 0 Å². The fourth-order valence-electron chi connectivity index (χ4n) is 3.25. The maximum absolute atomic E-state index is 12.7. The van der Waals surface area contributed by atoms with Crippen LogP contribution >= 0.6 is 7.92 Å². The van der Waals surface area contributed by atoms with Gasteiger partial charge >= 0.3 is 19.5 Å². The quantitative estimate of drug-likeness (QED) is 0.332. The monoisotopic (exact) mass is 476 g/mol. The molecule has 0 fully saturated rings. The number of benzene rings is 4. The molecule has 0 radical (unpaired) electrons. The molecule has 0 saturated carbocycles. The minimum Gasteiger partial charge on any atom is -0.872 e. The average molecular weight is 478 g/mol. The summed E-state index contributed by atoms with van der Waals surface area (Å²) in [4.78, 5) is 0. The van der Waals surface area contributed by atoms with Crippen LogP contribution in [0.3, 0.4) is 0 Å². The number of hydrogen-bond donors (Lipinski definition) is 0. The van der Waals surface area contributed by atoms with Crippen LogP contribution in [0.1, 0.15) is 16.7 Å². The molecule has 0 atom stereocenters. The maximum Gasteiger partial charge on any atom is 2.00 e. The van der Waals surface area contributed by atoms with Crippen LogP contribution in [0.25, 0.3) is 0 Å². The van der Waals surface area contributed by atoms with E-state index in [1.54, 1.807) is 0 Å². The molecule has 0 spiro atoms. The van der Waals surface area contributed by atoms with Crippen molar-refractivity contribution in [2.45, 2.75) is 20.5 Å². The van der Waals surface area contributed by atoms with Crippen LogP contribution in [0.5, 0.6) is 5.75 Å². The molecule has 31 heavy (non-hydrogen) atoms. The van der Waals surface area contributed by atoms with Crippen molar-refractivity contribution in [2.75, 3.05) is 0 Å². The Kier molecular flexibility index (Phi) is 10.1. The van der Waals surface area contributed by atoms with E-state index < -0.39 is 7.92 Å². The molecule has 4 aromatic rings. The first-order valence-electron chi connectivity index (χ1n) is 9.90. The van der Waals surface area contributed by atoms with Crippen molar-refractivity contribution in [3.63, 3.8) is 0 Å². The average Bonchev–Trinajstić information content (AvgIpc) is 2.79. The van der Waals surface area contributed by atoms with Gasteiger partial charge in [-0.15, -0.1) is 6.61 Å². The second-order valence-corrected chi connectivity index (χ2v) is 9.25. The first-order valence-corrected chi connectivity index (χ1v) is 11.2. The summed E-state index contributed by atoms with van der Waals surface area (Å²) in [5, 5.41) is 26.2. The minimum absolute atomic E-state index is 0. The Labute approximate surface area is 199 Å². The fraction of sp³-hybridized carbons (Fsp3) is 0.111. The van der Waals surface area contributed by atoms with Crippen LogP contribution in [-0.2, 0) is 26.1 Å². The van der Waals surface area contributed by atoms with E-state index in [2.05, 4.69) is 37.3 Å². The molecule has 0 heterocycles. The molecule has 4 rings (SSSR count). The second-order valence-electron chi connectivity index (χ2n) is 7.07. The zero-order valence-corrected chi connectivity index (χ0v) is 21.9. The van der Waals surface area contributed by atoms with Gasteiger partial charge < -0.3 is 10.2 Å². The van der Waals surface area contributed by atoms with Gasteiger partial charge in [-0.25, -0.2) is 0 Å². The zero-order valence-electron chi connectivity index (χ0n) is 18.0. The predicted octanol–water partition coefficient (Wildman–Crippen LogP) is 3.68. The first-order chi connectivity index (χ1) is 14.6. The molecule has 0 N–H and O–H groups in total. The van der Waals surface area contributed by atoms with Gasteiger partial charge in [0.2, 0.25) is 0 Å². The summed E-state index contributed by atoms with van der Waals surface area (Å²) in [5.74, 6) is 0.171. The van der Waals surface area contributed by atoms with Crippen LogP contribution in [0.15, 0.2) is 103 Å². The SMILES string of the molecule is Cc1cc(C)c([O-])c(P(c2ccccc2)c2ccccc2)c1.[O-]Cc1ccccc1.[Zn+2]. The number of rotatable bonds is 4. The largest absolute Gasteiger partial charge is 2.00 e. The predicted molar refractivity (Wildman–Crippen MR) is 124 cm³/mol. The van der Waals surface area contributed by atoms with Gasteiger partial charge in [0, 0.05) is 0 Å². The van der Waals surface area contributed by atoms with Crippen molar-refractivity contribution in [1.82, 2.24) is 0 Å². The van der Waals surface area contributed by atoms with Gasteiger partial charge in [-0.1, -0.05) is 126 Å². The van der Waals surface area contributed by atoms with Crippen molar-refractivity contribution in [1.29, 1.82) is 0 Å². The van der Waals surface area contributed by atoms with Gasteiger partial charge in [0.1, 0.15) is 0 Å². The molecule has 4 aromatic carbocycles. The molecule has 2 nitrogen and oxygen atoms in total. The Morgan fingerprint density at radius 2 is 1.13 bits per heavy atom. The van der Waals surface area contributed by atoms with Gasteiger partial charge in [-0.2, -0.15) is 0 Å². The summed E-state index contributed by atoms with van der Waals surface area (Å²) < 4.78 is 0. The van der Waals surface area contributed by atoms with Crippen molar-refractivity contribution in [2.24, 2.45) is 0 Å². The summed E-state index contributed by atoms with van der Waals surface area (Å²) in [6.07, 6.45) is 0. The molecule has 0 saturated heterocycles. The van der Waals surface area contributed by atoms with E-state index in [0.717, 1.165) is 22.0 Å². The van der Waals surface area contributed by atoms with E-state index >= 15 is 0 Å². The second kappa shape index (κ2) is 12.5. The molecule has 0 aliphatic carbocycles. The van der Waals surface area contributed by atoms with Crippen LogP contribution < -0.4 is 26.1 Å². The summed E-state index contributed by atoms with van der Waals surface area (Å²) >= 11 is 0. The molecular weight excluding hydrogens is 453 g/mol. The Bertz CT molecular complexity index is 1020. The van der Waals surface area contributed by atoms with E-state index in [0.29, 0.717) is 0 Å². The molecule has 152 valence electrons. The maximum atomic E-state index is 12.7. The Balaban J connectivity index is 0.000000322. The molecule has 0 unspecified atom stereocenters. The molecule has 0 aromatic heterocycles. The van der Waals surface area contributed by atoms with Gasteiger partial charge in [-0.3, -0.25) is 0 Å². The third kappa shape index (κ3) is 6.84. The Hall–Kier alpha value is -2.31. The van der Waals surface area contributed by atoms with Crippen molar-refractivity contribution >= 4 is 23.8 Å². The van der Waals surface area contributed by atoms with Crippen molar-refractivity contribution in [3.05, 3.63) is 120 Å². The van der Waals surface area contributed by atoms with Crippen LogP contribution in [0.4, 0.5) is 0 Å². The van der Waals surface area contributed by atoms with Crippen LogP contribution in [0.2, 0.25) is 0 Å². The fourth-order valence-corrected chi connectivity index (χ4v) is 5.76. The van der Waals surface area contributed by atoms with E-state index in [4.69, 9.17) is 0 Å². The first kappa shape index (κ1) is 25.0. The summed E-state index contributed by atoms with van der Waals surface area (Å²) in [6, 6.07) is 34.0. The standard InChI is InChI=1S/C20H19OP.C7H7O.Zn/c1-15-13-16(2)20(21)19(14-15)22(17-9-5-3-6-10-17)18-11-7-4-8-12-18;8-6-7-4-2-1-3-5-7;/h3-14,21H,1-2H3;1-5H,6H2;/q;-1;+2/p-1. The molecule has 4 heteroatoms. The van der Waals surface area contributed by atoms with Crippen LogP contribution in [0, 0.1) is 13.8 Å². The van der Waals surface area contributed by atoms with Gasteiger partial charge in [0.25, 0.3) is 0 Å². The van der Waals surface area contributed by atoms with E-state index in [9.17, 15) is 10.2 Å². The summed E-state index contributed by atoms with van der Waals surface area (Å²) in [5.41, 5.74) is 2.83. The minimum atomic E-state index is -0.812. The van der Waals surface area contributed by atoms with Crippen LogP contribution in [-0.4, -0.2) is 0 Å². The number of aryl methyl sites for hydroxylation is 2. The third-order valence-electron chi connectivity index (χ3n) is 4.68. The Morgan fingerprint density at radius 1 is 0.677 bits per heavy atom. The molecular formula is C27H25O2PZn. The van der Waals surface area contributed by atoms with E-state index in [-0.39, 0.29) is 31.8 Å². The number of hydrogen-bond acceptors (Lipinski definition) is 2. The van der Waals surface area contributed by atoms with Crippen molar-refractivity contribution < 1.29 is 29.7 Å². The molecule has 0 amide bonds. The smallest absolute Gasteiger partial charge is 0.872 e.